The molecule has 0 saturated heterocycles. The SMILES string of the molecule is CC(C)CCCC1CCC(O)C1C. The van der Waals surface area contributed by atoms with Gasteiger partial charge in [0.15, 0.2) is 0 Å². The van der Waals surface area contributed by atoms with Crippen molar-refractivity contribution in [2.45, 2.75) is 59.0 Å². The Morgan fingerprint density at radius 1 is 1.31 bits per heavy atom. The Morgan fingerprint density at radius 2 is 2.00 bits per heavy atom. The van der Waals surface area contributed by atoms with E-state index in [0.29, 0.717) is 5.92 Å². The van der Waals surface area contributed by atoms with Gasteiger partial charge in [0, 0.05) is 0 Å². The van der Waals surface area contributed by atoms with E-state index in [1.54, 1.807) is 0 Å². The van der Waals surface area contributed by atoms with Crippen molar-refractivity contribution in [2.75, 3.05) is 0 Å². The number of aliphatic hydroxyl groups is 1. The van der Waals surface area contributed by atoms with Crippen molar-refractivity contribution in [3.05, 3.63) is 0 Å². The zero-order valence-corrected chi connectivity index (χ0v) is 9.29. The fourth-order valence-corrected chi connectivity index (χ4v) is 2.42. The number of aliphatic hydroxyl groups excluding tert-OH is 1. The topological polar surface area (TPSA) is 20.2 Å². The van der Waals surface area contributed by atoms with E-state index in [-0.39, 0.29) is 6.10 Å². The molecule has 0 aromatic carbocycles. The van der Waals surface area contributed by atoms with Crippen LogP contribution in [0.25, 0.3) is 0 Å². The first-order chi connectivity index (χ1) is 6.11. The van der Waals surface area contributed by atoms with E-state index in [9.17, 15) is 5.11 Å². The van der Waals surface area contributed by atoms with Crippen molar-refractivity contribution in [1.82, 2.24) is 0 Å². The lowest BCUT2D eigenvalue weighted by atomic mass is 9.90. The second-order valence-electron chi connectivity index (χ2n) is 5.09. The van der Waals surface area contributed by atoms with Crippen LogP contribution in [0, 0.1) is 17.8 Å². The van der Waals surface area contributed by atoms with E-state index in [4.69, 9.17) is 0 Å². The van der Waals surface area contributed by atoms with Crippen LogP contribution < -0.4 is 0 Å². The fraction of sp³-hybridized carbons (Fsp3) is 1.00. The van der Waals surface area contributed by atoms with Crippen LogP contribution in [-0.2, 0) is 0 Å². The van der Waals surface area contributed by atoms with Crippen molar-refractivity contribution < 1.29 is 5.11 Å². The Hall–Kier alpha value is -0.0400. The average Bonchev–Trinajstić information content (AvgIpc) is 2.35. The van der Waals surface area contributed by atoms with Crippen LogP contribution in [0.5, 0.6) is 0 Å². The Bertz CT molecular complexity index is 142. The molecule has 3 atom stereocenters. The number of rotatable bonds is 4. The van der Waals surface area contributed by atoms with Gasteiger partial charge in [-0.05, 0) is 30.6 Å². The normalized spacial score (nSPS) is 34.4. The summed E-state index contributed by atoms with van der Waals surface area (Å²) in [5.74, 6) is 2.18. The molecule has 1 aliphatic rings. The number of hydrogen-bond acceptors (Lipinski definition) is 1. The molecule has 0 radical (unpaired) electrons. The molecule has 0 bridgehead atoms. The minimum Gasteiger partial charge on any atom is -0.393 e. The second-order valence-corrected chi connectivity index (χ2v) is 5.09. The second kappa shape index (κ2) is 4.99. The summed E-state index contributed by atoms with van der Waals surface area (Å²) >= 11 is 0. The van der Waals surface area contributed by atoms with Crippen molar-refractivity contribution >= 4 is 0 Å². The molecule has 1 nitrogen and oxygen atoms in total. The molecular weight excluding hydrogens is 160 g/mol. The summed E-state index contributed by atoms with van der Waals surface area (Å²) in [5.41, 5.74) is 0. The van der Waals surface area contributed by atoms with Crippen molar-refractivity contribution in [3.63, 3.8) is 0 Å². The molecule has 0 aromatic rings. The molecular formula is C12H24O. The van der Waals surface area contributed by atoms with Crippen LogP contribution in [0.2, 0.25) is 0 Å². The third kappa shape index (κ3) is 3.30. The van der Waals surface area contributed by atoms with Crippen molar-refractivity contribution in [2.24, 2.45) is 17.8 Å². The Kier molecular flexibility index (Phi) is 4.24. The maximum absolute atomic E-state index is 9.58. The van der Waals surface area contributed by atoms with Gasteiger partial charge in [0.1, 0.15) is 0 Å². The first kappa shape index (κ1) is 11.0. The third-order valence-corrected chi connectivity index (χ3v) is 3.54. The fourth-order valence-electron chi connectivity index (χ4n) is 2.42. The van der Waals surface area contributed by atoms with Gasteiger partial charge in [-0.1, -0.05) is 40.0 Å². The van der Waals surface area contributed by atoms with Crippen LogP contribution in [0.1, 0.15) is 52.9 Å². The minimum atomic E-state index is -0.0101. The van der Waals surface area contributed by atoms with Gasteiger partial charge in [-0.15, -0.1) is 0 Å². The standard InChI is InChI=1S/C12H24O/c1-9(2)5-4-6-11-7-8-12(13)10(11)3/h9-13H,4-8H2,1-3H3. The molecule has 1 fully saturated rings. The molecule has 1 N–H and O–H groups in total. The monoisotopic (exact) mass is 184 g/mol. The lowest BCUT2D eigenvalue weighted by Crippen LogP contribution is -2.15. The predicted molar refractivity (Wildman–Crippen MR) is 56.6 cm³/mol. The van der Waals surface area contributed by atoms with Gasteiger partial charge in [0.25, 0.3) is 0 Å². The Labute approximate surface area is 82.5 Å². The van der Waals surface area contributed by atoms with Crippen molar-refractivity contribution in [1.29, 1.82) is 0 Å². The quantitative estimate of drug-likeness (QED) is 0.711. The highest BCUT2D eigenvalue weighted by molar-refractivity contribution is 4.81. The van der Waals surface area contributed by atoms with Gasteiger partial charge in [0.2, 0.25) is 0 Å². The Morgan fingerprint density at radius 3 is 2.46 bits per heavy atom. The smallest absolute Gasteiger partial charge is 0.0568 e. The van der Waals surface area contributed by atoms with Crippen LogP contribution in [-0.4, -0.2) is 11.2 Å². The Balaban J connectivity index is 2.15. The molecule has 0 aromatic heterocycles. The lowest BCUT2D eigenvalue weighted by Gasteiger charge is -2.17. The van der Waals surface area contributed by atoms with Crippen LogP contribution in [0.3, 0.4) is 0 Å². The van der Waals surface area contributed by atoms with Gasteiger partial charge in [0.05, 0.1) is 6.10 Å². The highest BCUT2D eigenvalue weighted by Gasteiger charge is 2.30. The molecule has 1 saturated carbocycles. The summed E-state index contributed by atoms with van der Waals surface area (Å²) in [4.78, 5) is 0. The van der Waals surface area contributed by atoms with Crippen LogP contribution >= 0.6 is 0 Å². The third-order valence-electron chi connectivity index (χ3n) is 3.54. The summed E-state index contributed by atoms with van der Waals surface area (Å²) < 4.78 is 0. The molecule has 1 aliphatic carbocycles. The average molecular weight is 184 g/mol. The van der Waals surface area contributed by atoms with E-state index >= 15 is 0 Å². The van der Waals surface area contributed by atoms with Crippen LogP contribution in [0.15, 0.2) is 0 Å². The first-order valence-electron chi connectivity index (χ1n) is 5.79. The summed E-state index contributed by atoms with van der Waals surface area (Å²) in [6.07, 6.45) is 6.30. The van der Waals surface area contributed by atoms with E-state index in [1.165, 1.54) is 25.7 Å². The van der Waals surface area contributed by atoms with Gasteiger partial charge < -0.3 is 5.11 Å². The van der Waals surface area contributed by atoms with E-state index in [0.717, 1.165) is 18.3 Å². The molecule has 1 rings (SSSR count). The van der Waals surface area contributed by atoms with E-state index < -0.39 is 0 Å². The maximum Gasteiger partial charge on any atom is 0.0568 e. The molecule has 0 heterocycles. The van der Waals surface area contributed by atoms with Gasteiger partial charge >= 0.3 is 0 Å². The zero-order valence-electron chi connectivity index (χ0n) is 9.29. The first-order valence-corrected chi connectivity index (χ1v) is 5.79. The maximum atomic E-state index is 9.58. The van der Waals surface area contributed by atoms with E-state index in [1.807, 2.05) is 0 Å². The molecule has 78 valence electrons. The van der Waals surface area contributed by atoms with Gasteiger partial charge in [-0.25, -0.2) is 0 Å². The van der Waals surface area contributed by atoms with Crippen LogP contribution in [0.4, 0.5) is 0 Å². The summed E-state index contributed by atoms with van der Waals surface area (Å²) in [6, 6.07) is 0. The van der Waals surface area contributed by atoms with Gasteiger partial charge in [-0.2, -0.15) is 0 Å². The highest BCUT2D eigenvalue weighted by Crippen LogP contribution is 2.35. The summed E-state index contributed by atoms with van der Waals surface area (Å²) in [5, 5.41) is 9.58. The highest BCUT2D eigenvalue weighted by atomic mass is 16.3. The minimum absolute atomic E-state index is 0.0101. The molecule has 0 aliphatic heterocycles. The lowest BCUT2D eigenvalue weighted by molar-refractivity contribution is 0.125. The zero-order chi connectivity index (χ0) is 9.84. The molecule has 0 amide bonds. The molecule has 3 unspecified atom stereocenters. The molecule has 0 spiro atoms. The van der Waals surface area contributed by atoms with Gasteiger partial charge in [-0.3, -0.25) is 0 Å². The van der Waals surface area contributed by atoms with E-state index in [2.05, 4.69) is 20.8 Å². The molecule has 13 heavy (non-hydrogen) atoms. The van der Waals surface area contributed by atoms with Crippen molar-refractivity contribution in [3.8, 4) is 0 Å². The predicted octanol–water partition coefficient (Wildman–Crippen LogP) is 3.22. The summed E-state index contributed by atoms with van der Waals surface area (Å²) in [6.45, 7) is 6.78. The largest absolute Gasteiger partial charge is 0.393 e. The number of hydrogen-bond donors (Lipinski definition) is 1. The molecule has 1 heteroatoms. The summed E-state index contributed by atoms with van der Waals surface area (Å²) in [7, 11) is 0.